The molecule has 0 fully saturated rings. The van der Waals surface area contributed by atoms with E-state index in [1.807, 2.05) is 67.6 Å². The van der Waals surface area contributed by atoms with E-state index < -0.39 is 5.92 Å². The first kappa shape index (κ1) is 15.8. The molecule has 22 heavy (non-hydrogen) atoms. The standard InChI is InChI=1S/C19H20N2O/c1-2-21(18-11-7-4-8-12-18)19(22)17(15-20)14-13-16-9-5-3-6-10-16/h3-12,17H,2,13-14H2,1H3. The fourth-order valence-corrected chi connectivity index (χ4v) is 2.46. The molecule has 2 aromatic carbocycles. The van der Waals surface area contributed by atoms with Gasteiger partial charge in [0.25, 0.3) is 0 Å². The summed E-state index contributed by atoms with van der Waals surface area (Å²) in [5.74, 6) is -0.729. The highest BCUT2D eigenvalue weighted by molar-refractivity contribution is 5.96. The van der Waals surface area contributed by atoms with E-state index in [-0.39, 0.29) is 5.91 Å². The zero-order chi connectivity index (χ0) is 15.8. The average molecular weight is 292 g/mol. The summed E-state index contributed by atoms with van der Waals surface area (Å²) in [7, 11) is 0. The molecule has 1 amide bonds. The zero-order valence-corrected chi connectivity index (χ0v) is 12.8. The second kappa shape index (κ2) is 7.99. The minimum atomic E-state index is -0.611. The highest BCUT2D eigenvalue weighted by Crippen LogP contribution is 2.18. The molecule has 112 valence electrons. The quantitative estimate of drug-likeness (QED) is 0.812. The molecule has 0 spiro atoms. The van der Waals surface area contributed by atoms with Crippen LogP contribution in [0.5, 0.6) is 0 Å². The van der Waals surface area contributed by atoms with Crippen molar-refractivity contribution in [3.63, 3.8) is 0 Å². The van der Waals surface area contributed by atoms with Crippen molar-refractivity contribution >= 4 is 11.6 Å². The topological polar surface area (TPSA) is 44.1 Å². The predicted molar refractivity (Wildman–Crippen MR) is 88.3 cm³/mol. The number of carbonyl (C=O) groups excluding carboxylic acids is 1. The number of hydrogen-bond donors (Lipinski definition) is 0. The molecule has 0 aliphatic carbocycles. The molecule has 0 aliphatic rings. The summed E-state index contributed by atoms with van der Waals surface area (Å²) < 4.78 is 0. The Morgan fingerprint density at radius 2 is 1.68 bits per heavy atom. The Morgan fingerprint density at radius 3 is 2.23 bits per heavy atom. The number of nitrogens with zero attached hydrogens (tertiary/aromatic N) is 2. The van der Waals surface area contributed by atoms with Crippen LogP contribution in [0.15, 0.2) is 60.7 Å². The Kier molecular flexibility index (Phi) is 5.73. The van der Waals surface area contributed by atoms with Crippen LogP contribution in [0.3, 0.4) is 0 Å². The molecule has 0 aromatic heterocycles. The summed E-state index contributed by atoms with van der Waals surface area (Å²) in [6.07, 6.45) is 1.28. The molecule has 0 radical (unpaired) electrons. The van der Waals surface area contributed by atoms with Crippen molar-refractivity contribution in [2.24, 2.45) is 5.92 Å². The molecule has 0 N–H and O–H groups in total. The average Bonchev–Trinajstić information content (AvgIpc) is 2.58. The fourth-order valence-electron chi connectivity index (χ4n) is 2.46. The monoisotopic (exact) mass is 292 g/mol. The Labute approximate surface area is 131 Å². The van der Waals surface area contributed by atoms with E-state index in [1.165, 1.54) is 0 Å². The SMILES string of the molecule is CCN(C(=O)C(C#N)CCc1ccccc1)c1ccccc1. The number of benzene rings is 2. The van der Waals surface area contributed by atoms with E-state index >= 15 is 0 Å². The number of carbonyl (C=O) groups is 1. The lowest BCUT2D eigenvalue weighted by Gasteiger charge is -2.23. The molecule has 2 aromatic rings. The van der Waals surface area contributed by atoms with Crippen LogP contribution in [0, 0.1) is 17.2 Å². The van der Waals surface area contributed by atoms with Gasteiger partial charge in [-0.2, -0.15) is 5.26 Å². The third-order valence-electron chi connectivity index (χ3n) is 3.67. The molecule has 3 nitrogen and oxygen atoms in total. The van der Waals surface area contributed by atoms with Crippen LogP contribution in [-0.4, -0.2) is 12.5 Å². The third-order valence-corrected chi connectivity index (χ3v) is 3.67. The molecular formula is C19H20N2O. The summed E-state index contributed by atoms with van der Waals surface area (Å²) in [5, 5.41) is 9.37. The van der Waals surface area contributed by atoms with Crippen molar-refractivity contribution in [1.82, 2.24) is 0 Å². The van der Waals surface area contributed by atoms with Gasteiger partial charge in [-0.15, -0.1) is 0 Å². The summed E-state index contributed by atoms with van der Waals surface area (Å²) in [6.45, 7) is 2.49. The van der Waals surface area contributed by atoms with Crippen molar-refractivity contribution in [3.8, 4) is 6.07 Å². The smallest absolute Gasteiger partial charge is 0.244 e. The van der Waals surface area contributed by atoms with Crippen molar-refractivity contribution < 1.29 is 4.79 Å². The van der Waals surface area contributed by atoms with Gasteiger partial charge in [0.05, 0.1) is 6.07 Å². The van der Waals surface area contributed by atoms with E-state index in [2.05, 4.69) is 6.07 Å². The minimum Gasteiger partial charge on any atom is -0.312 e. The number of rotatable bonds is 6. The molecule has 0 heterocycles. The molecule has 0 bridgehead atoms. The number of para-hydroxylation sites is 1. The van der Waals surface area contributed by atoms with Crippen molar-refractivity contribution in [3.05, 3.63) is 66.2 Å². The Bertz CT molecular complexity index is 631. The van der Waals surface area contributed by atoms with Crippen LogP contribution in [0.1, 0.15) is 18.9 Å². The van der Waals surface area contributed by atoms with Crippen LogP contribution in [0.4, 0.5) is 5.69 Å². The van der Waals surface area contributed by atoms with Crippen molar-refractivity contribution in [1.29, 1.82) is 5.26 Å². The second-order valence-corrected chi connectivity index (χ2v) is 5.12. The first-order valence-electron chi connectivity index (χ1n) is 7.56. The number of aryl methyl sites for hydroxylation is 1. The van der Waals surface area contributed by atoms with Crippen molar-refractivity contribution in [2.75, 3.05) is 11.4 Å². The van der Waals surface area contributed by atoms with E-state index in [0.717, 1.165) is 17.7 Å². The Hall–Kier alpha value is -2.60. The van der Waals surface area contributed by atoms with Gasteiger partial charge in [-0.05, 0) is 37.5 Å². The van der Waals surface area contributed by atoms with Gasteiger partial charge in [-0.3, -0.25) is 4.79 Å². The number of hydrogen-bond acceptors (Lipinski definition) is 2. The van der Waals surface area contributed by atoms with E-state index in [9.17, 15) is 10.1 Å². The highest BCUT2D eigenvalue weighted by Gasteiger charge is 2.24. The molecule has 1 atom stereocenters. The number of nitriles is 1. The molecule has 3 heteroatoms. The fraction of sp³-hybridized carbons (Fsp3) is 0.263. The first-order chi connectivity index (χ1) is 10.8. The lowest BCUT2D eigenvalue weighted by atomic mass is 9.99. The highest BCUT2D eigenvalue weighted by atomic mass is 16.2. The van der Waals surface area contributed by atoms with Crippen LogP contribution < -0.4 is 4.90 Å². The largest absolute Gasteiger partial charge is 0.312 e. The summed E-state index contributed by atoms with van der Waals surface area (Å²) in [5.41, 5.74) is 1.99. The van der Waals surface area contributed by atoms with Gasteiger partial charge in [0.2, 0.25) is 5.91 Å². The maximum Gasteiger partial charge on any atom is 0.244 e. The Morgan fingerprint density at radius 1 is 1.09 bits per heavy atom. The van der Waals surface area contributed by atoms with Crippen LogP contribution in [-0.2, 0) is 11.2 Å². The zero-order valence-electron chi connectivity index (χ0n) is 12.8. The van der Waals surface area contributed by atoms with Gasteiger partial charge in [0.15, 0.2) is 0 Å². The summed E-state index contributed by atoms with van der Waals surface area (Å²) in [6, 6.07) is 21.6. The van der Waals surface area contributed by atoms with Crippen molar-refractivity contribution in [2.45, 2.75) is 19.8 Å². The van der Waals surface area contributed by atoms with E-state index in [1.54, 1.807) is 4.90 Å². The van der Waals surface area contributed by atoms with Gasteiger partial charge < -0.3 is 4.90 Å². The van der Waals surface area contributed by atoms with Crippen LogP contribution >= 0.6 is 0 Å². The summed E-state index contributed by atoms with van der Waals surface area (Å²) >= 11 is 0. The predicted octanol–water partition coefficient (Wildman–Crippen LogP) is 3.81. The molecule has 0 aliphatic heterocycles. The molecule has 0 saturated heterocycles. The lowest BCUT2D eigenvalue weighted by molar-refractivity contribution is -0.120. The van der Waals surface area contributed by atoms with Gasteiger partial charge in [-0.25, -0.2) is 0 Å². The number of anilines is 1. The molecule has 1 unspecified atom stereocenters. The maximum atomic E-state index is 12.6. The third kappa shape index (κ3) is 3.95. The maximum absolute atomic E-state index is 12.6. The van der Waals surface area contributed by atoms with Crippen LogP contribution in [0.25, 0.3) is 0 Å². The van der Waals surface area contributed by atoms with E-state index in [4.69, 9.17) is 0 Å². The second-order valence-electron chi connectivity index (χ2n) is 5.12. The van der Waals surface area contributed by atoms with Gasteiger partial charge in [-0.1, -0.05) is 48.5 Å². The van der Waals surface area contributed by atoms with Gasteiger partial charge in [0, 0.05) is 12.2 Å². The summed E-state index contributed by atoms with van der Waals surface area (Å²) in [4.78, 5) is 14.3. The van der Waals surface area contributed by atoms with Crippen LogP contribution in [0.2, 0.25) is 0 Å². The van der Waals surface area contributed by atoms with Gasteiger partial charge in [0.1, 0.15) is 5.92 Å². The number of amides is 1. The first-order valence-corrected chi connectivity index (χ1v) is 7.56. The van der Waals surface area contributed by atoms with E-state index in [0.29, 0.717) is 13.0 Å². The molecular weight excluding hydrogens is 272 g/mol. The minimum absolute atomic E-state index is 0.118. The van der Waals surface area contributed by atoms with Gasteiger partial charge >= 0.3 is 0 Å². The Balaban J connectivity index is 2.06. The molecule has 2 rings (SSSR count). The molecule has 0 saturated carbocycles. The lowest BCUT2D eigenvalue weighted by Crippen LogP contribution is -2.35. The normalized spacial score (nSPS) is 11.5.